The highest BCUT2D eigenvalue weighted by Gasteiger charge is 2.39. The molecule has 3 rings (SSSR count). The smallest absolute Gasteiger partial charge is 0.0309 e. The van der Waals surface area contributed by atoms with Crippen molar-refractivity contribution in [2.24, 2.45) is 5.92 Å². The van der Waals surface area contributed by atoms with E-state index in [-0.39, 0.29) is 0 Å². The van der Waals surface area contributed by atoms with Gasteiger partial charge in [0.25, 0.3) is 0 Å². The average Bonchev–Trinajstić information content (AvgIpc) is 3.22. The largest absolute Gasteiger partial charge is 0.308 e. The monoisotopic (exact) mass is 250 g/mol. The number of nitrogens with one attached hydrogen (secondary N) is 1. The van der Waals surface area contributed by atoms with Crippen LogP contribution < -0.4 is 5.32 Å². The van der Waals surface area contributed by atoms with E-state index >= 15 is 0 Å². The minimum Gasteiger partial charge on any atom is -0.308 e. The Labute approximate surface area is 113 Å². The van der Waals surface area contributed by atoms with Gasteiger partial charge in [-0.3, -0.25) is 4.90 Å². The Morgan fingerprint density at radius 1 is 1.17 bits per heavy atom. The minimum absolute atomic E-state index is 0.494. The van der Waals surface area contributed by atoms with Gasteiger partial charge in [0.1, 0.15) is 0 Å². The van der Waals surface area contributed by atoms with Crippen LogP contribution in [0.25, 0.3) is 0 Å². The summed E-state index contributed by atoms with van der Waals surface area (Å²) in [6.45, 7) is 6.29. The second kappa shape index (κ2) is 5.50. The standard InChI is InChI=1S/C16H30N2/c1-2-15-12-17-16(9-4-3-5-10-16)13-18(15)11-8-14-6-7-14/h14-15,17H,2-13H2,1H3. The molecule has 0 radical (unpaired) electrons. The van der Waals surface area contributed by atoms with Crippen molar-refractivity contribution in [1.82, 2.24) is 10.2 Å². The van der Waals surface area contributed by atoms with E-state index in [1.807, 2.05) is 0 Å². The lowest BCUT2D eigenvalue weighted by atomic mass is 9.79. The lowest BCUT2D eigenvalue weighted by Gasteiger charge is -2.49. The first kappa shape index (κ1) is 12.9. The summed E-state index contributed by atoms with van der Waals surface area (Å²) in [4.78, 5) is 2.83. The van der Waals surface area contributed by atoms with Gasteiger partial charge < -0.3 is 5.32 Å². The highest BCUT2D eigenvalue weighted by Crippen LogP contribution is 2.35. The maximum atomic E-state index is 3.93. The molecule has 0 aromatic rings. The van der Waals surface area contributed by atoms with Crippen LogP contribution in [0.3, 0.4) is 0 Å². The molecule has 1 saturated heterocycles. The Hall–Kier alpha value is -0.0800. The van der Waals surface area contributed by atoms with Crippen LogP contribution in [0.4, 0.5) is 0 Å². The maximum absolute atomic E-state index is 3.93. The van der Waals surface area contributed by atoms with Gasteiger partial charge in [-0.05, 0) is 38.1 Å². The van der Waals surface area contributed by atoms with Gasteiger partial charge in [0.05, 0.1) is 0 Å². The summed E-state index contributed by atoms with van der Waals surface area (Å²) < 4.78 is 0. The van der Waals surface area contributed by atoms with Crippen molar-refractivity contribution in [2.45, 2.75) is 76.3 Å². The van der Waals surface area contributed by atoms with E-state index in [2.05, 4.69) is 17.1 Å². The molecule has 1 unspecified atom stereocenters. The molecule has 0 aromatic heterocycles. The van der Waals surface area contributed by atoms with Crippen molar-refractivity contribution in [3.05, 3.63) is 0 Å². The topological polar surface area (TPSA) is 15.3 Å². The molecule has 0 aromatic carbocycles. The van der Waals surface area contributed by atoms with Gasteiger partial charge in [0, 0.05) is 24.7 Å². The van der Waals surface area contributed by atoms with Crippen molar-refractivity contribution in [1.29, 1.82) is 0 Å². The first-order valence-corrected chi connectivity index (χ1v) is 8.30. The first-order valence-electron chi connectivity index (χ1n) is 8.30. The van der Waals surface area contributed by atoms with Crippen LogP contribution in [-0.2, 0) is 0 Å². The molecule has 1 aliphatic heterocycles. The van der Waals surface area contributed by atoms with E-state index in [0.717, 1.165) is 12.0 Å². The Morgan fingerprint density at radius 2 is 1.94 bits per heavy atom. The Bertz CT molecular complexity index is 266. The minimum atomic E-state index is 0.494. The molecule has 2 heteroatoms. The van der Waals surface area contributed by atoms with Crippen molar-refractivity contribution in [2.75, 3.05) is 19.6 Å². The first-order chi connectivity index (χ1) is 8.81. The number of hydrogen-bond acceptors (Lipinski definition) is 2. The molecule has 2 nitrogen and oxygen atoms in total. The van der Waals surface area contributed by atoms with Crippen LogP contribution in [0.1, 0.15) is 64.7 Å². The Kier molecular flexibility index (Phi) is 3.95. The summed E-state index contributed by atoms with van der Waals surface area (Å²) in [7, 11) is 0. The van der Waals surface area contributed by atoms with Crippen LogP contribution in [0.5, 0.6) is 0 Å². The van der Waals surface area contributed by atoms with Crippen molar-refractivity contribution < 1.29 is 0 Å². The summed E-state index contributed by atoms with van der Waals surface area (Å²) in [6, 6.07) is 0.802. The number of nitrogens with zero attached hydrogens (tertiary/aromatic N) is 1. The predicted octanol–water partition coefficient (Wildman–Crippen LogP) is 3.17. The molecule has 18 heavy (non-hydrogen) atoms. The molecule has 2 saturated carbocycles. The highest BCUT2D eigenvalue weighted by molar-refractivity contribution is 4.99. The van der Waals surface area contributed by atoms with Gasteiger partial charge in [-0.25, -0.2) is 0 Å². The summed E-state index contributed by atoms with van der Waals surface area (Å²) in [5.74, 6) is 1.08. The fourth-order valence-electron chi connectivity index (χ4n) is 4.02. The zero-order valence-corrected chi connectivity index (χ0v) is 12.1. The molecule has 2 aliphatic carbocycles. The number of piperazine rings is 1. The third kappa shape index (κ3) is 2.91. The molecule has 0 amide bonds. The van der Waals surface area contributed by atoms with Crippen LogP contribution in [0.15, 0.2) is 0 Å². The van der Waals surface area contributed by atoms with Gasteiger partial charge in [0.15, 0.2) is 0 Å². The molecule has 3 aliphatic rings. The van der Waals surface area contributed by atoms with E-state index in [1.165, 1.54) is 77.4 Å². The normalized spacial score (nSPS) is 32.8. The van der Waals surface area contributed by atoms with Crippen molar-refractivity contribution in [3.63, 3.8) is 0 Å². The van der Waals surface area contributed by atoms with Gasteiger partial charge >= 0.3 is 0 Å². The fourth-order valence-corrected chi connectivity index (χ4v) is 4.02. The summed E-state index contributed by atoms with van der Waals surface area (Å²) >= 11 is 0. The van der Waals surface area contributed by atoms with Crippen LogP contribution in [-0.4, -0.2) is 36.1 Å². The summed E-state index contributed by atoms with van der Waals surface area (Å²) in [5.41, 5.74) is 0.494. The lowest BCUT2D eigenvalue weighted by Crippen LogP contribution is -2.64. The van der Waals surface area contributed by atoms with Gasteiger partial charge in [-0.2, -0.15) is 0 Å². The Balaban J connectivity index is 1.59. The van der Waals surface area contributed by atoms with Crippen LogP contribution in [0, 0.1) is 5.92 Å². The van der Waals surface area contributed by atoms with Crippen molar-refractivity contribution >= 4 is 0 Å². The molecular weight excluding hydrogens is 220 g/mol. The quantitative estimate of drug-likeness (QED) is 0.824. The molecule has 1 atom stereocenters. The van der Waals surface area contributed by atoms with E-state index in [0.29, 0.717) is 5.54 Å². The van der Waals surface area contributed by atoms with Gasteiger partial charge in [0.2, 0.25) is 0 Å². The highest BCUT2D eigenvalue weighted by atomic mass is 15.3. The third-order valence-electron chi connectivity index (χ3n) is 5.54. The molecule has 1 heterocycles. The Morgan fingerprint density at radius 3 is 2.61 bits per heavy atom. The zero-order chi connectivity index (χ0) is 12.4. The summed E-state index contributed by atoms with van der Waals surface area (Å²) in [6.07, 6.45) is 13.0. The molecule has 1 N–H and O–H groups in total. The van der Waals surface area contributed by atoms with E-state index < -0.39 is 0 Å². The second-order valence-corrected chi connectivity index (χ2v) is 6.99. The molecule has 104 valence electrons. The predicted molar refractivity (Wildman–Crippen MR) is 76.8 cm³/mol. The zero-order valence-electron chi connectivity index (χ0n) is 12.1. The van der Waals surface area contributed by atoms with Crippen LogP contribution >= 0.6 is 0 Å². The number of hydrogen-bond donors (Lipinski definition) is 1. The average molecular weight is 250 g/mol. The van der Waals surface area contributed by atoms with E-state index in [4.69, 9.17) is 0 Å². The van der Waals surface area contributed by atoms with Gasteiger partial charge in [-0.15, -0.1) is 0 Å². The number of rotatable bonds is 4. The summed E-state index contributed by atoms with van der Waals surface area (Å²) in [5, 5.41) is 3.93. The second-order valence-electron chi connectivity index (χ2n) is 6.99. The molecule has 0 bridgehead atoms. The SMILES string of the molecule is CCC1CNC2(CCCCC2)CN1CCC1CC1. The maximum Gasteiger partial charge on any atom is 0.0309 e. The van der Waals surface area contributed by atoms with E-state index in [1.54, 1.807) is 0 Å². The van der Waals surface area contributed by atoms with Gasteiger partial charge in [-0.1, -0.05) is 39.0 Å². The fraction of sp³-hybridized carbons (Fsp3) is 1.00. The lowest BCUT2D eigenvalue weighted by molar-refractivity contribution is 0.0522. The molecular formula is C16H30N2. The molecule has 3 fully saturated rings. The molecule has 1 spiro atoms. The third-order valence-corrected chi connectivity index (χ3v) is 5.54. The van der Waals surface area contributed by atoms with Crippen molar-refractivity contribution in [3.8, 4) is 0 Å². The van der Waals surface area contributed by atoms with E-state index in [9.17, 15) is 0 Å². The van der Waals surface area contributed by atoms with Crippen LogP contribution in [0.2, 0.25) is 0 Å².